The van der Waals surface area contributed by atoms with Crippen LogP contribution in [0.2, 0.25) is 0 Å². The average Bonchev–Trinajstić information content (AvgIpc) is 3.24. The number of amides is 2. The van der Waals surface area contributed by atoms with Gasteiger partial charge in [-0.3, -0.25) is 0 Å². The molecule has 2 aromatic heterocycles. The zero-order valence-corrected chi connectivity index (χ0v) is 40.0. The van der Waals surface area contributed by atoms with Gasteiger partial charge in [0.1, 0.15) is 20.4 Å². The molecule has 2 saturated heterocycles. The molecular formula is C47H58Br2N10O4. The molecule has 0 bridgehead atoms. The van der Waals surface area contributed by atoms with E-state index in [0.717, 1.165) is 30.0 Å². The number of nitrogen functional groups attached to an aromatic ring is 1. The molecule has 3 aromatic carbocycles. The molecule has 2 aliphatic rings. The Morgan fingerprint density at radius 1 is 0.635 bits per heavy atom. The minimum absolute atomic E-state index is 0.0637. The van der Waals surface area contributed by atoms with Crippen LogP contribution < -0.4 is 20.9 Å². The Bertz CT molecular complexity index is 2260. The van der Waals surface area contributed by atoms with Gasteiger partial charge in [-0.1, -0.05) is 91.0 Å². The number of nitrogens with zero attached hydrogens (tertiary/aromatic N) is 8. The van der Waals surface area contributed by atoms with Crippen LogP contribution in [0, 0.1) is 0 Å². The van der Waals surface area contributed by atoms with Crippen molar-refractivity contribution in [3.05, 3.63) is 129 Å². The van der Waals surface area contributed by atoms with E-state index in [1.165, 1.54) is 11.1 Å². The van der Waals surface area contributed by atoms with Crippen molar-refractivity contribution in [1.82, 2.24) is 29.7 Å². The topological polar surface area (TPSA) is 155 Å². The summed E-state index contributed by atoms with van der Waals surface area (Å²) in [5.74, 6) is 2.52. The average molecular weight is 987 g/mol. The predicted octanol–water partition coefficient (Wildman–Crippen LogP) is 9.01. The van der Waals surface area contributed by atoms with Gasteiger partial charge >= 0.3 is 12.2 Å². The van der Waals surface area contributed by atoms with Crippen LogP contribution >= 0.6 is 31.9 Å². The SMILES string of the molecule is CC(C)(C)OC(=O)N1CCN(c2nc(Br)cnc2N)C[C@@H]1Cc1ccccc1.CC(C)(C)OC(=O)N1CCN(c2nc(Br)cnc2NCc2ccccc2)C[C@@H]1Cc1ccccc1. The van der Waals surface area contributed by atoms with E-state index in [4.69, 9.17) is 20.2 Å². The monoisotopic (exact) mass is 984 g/mol. The second kappa shape index (κ2) is 21.3. The number of rotatable bonds is 9. The third kappa shape index (κ3) is 14.0. The van der Waals surface area contributed by atoms with Crippen molar-refractivity contribution in [2.24, 2.45) is 0 Å². The van der Waals surface area contributed by atoms with Crippen molar-refractivity contribution in [2.45, 2.75) is 84.2 Å². The summed E-state index contributed by atoms with van der Waals surface area (Å²) in [5.41, 5.74) is 8.48. The maximum atomic E-state index is 13.1. The van der Waals surface area contributed by atoms with E-state index in [1.54, 1.807) is 12.4 Å². The first-order valence-corrected chi connectivity index (χ1v) is 22.8. The molecule has 4 heterocycles. The van der Waals surface area contributed by atoms with Gasteiger partial charge in [0.25, 0.3) is 0 Å². The molecule has 334 valence electrons. The van der Waals surface area contributed by atoms with E-state index in [9.17, 15) is 9.59 Å². The van der Waals surface area contributed by atoms with Crippen LogP contribution in [0.4, 0.5) is 32.9 Å². The number of benzene rings is 3. The third-order valence-electron chi connectivity index (χ3n) is 10.2. The molecular weight excluding hydrogens is 928 g/mol. The number of aromatic nitrogens is 4. The Morgan fingerprint density at radius 2 is 1.05 bits per heavy atom. The van der Waals surface area contributed by atoms with Crippen molar-refractivity contribution in [1.29, 1.82) is 0 Å². The number of carbonyl (C=O) groups excluding carboxylic acids is 2. The molecule has 63 heavy (non-hydrogen) atoms. The smallest absolute Gasteiger partial charge is 0.410 e. The predicted molar refractivity (Wildman–Crippen MR) is 256 cm³/mol. The van der Waals surface area contributed by atoms with Gasteiger partial charge in [-0.2, -0.15) is 0 Å². The van der Waals surface area contributed by atoms with E-state index >= 15 is 0 Å². The number of halogens is 2. The molecule has 0 saturated carbocycles. The largest absolute Gasteiger partial charge is 0.444 e. The van der Waals surface area contributed by atoms with Crippen LogP contribution in [0.3, 0.4) is 0 Å². The van der Waals surface area contributed by atoms with Gasteiger partial charge in [0, 0.05) is 45.8 Å². The quantitative estimate of drug-likeness (QED) is 0.145. The minimum atomic E-state index is -0.546. The highest BCUT2D eigenvalue weighted by Crippen LogP contribution is 2.29. The van der Waals surface area contributed by atoms with Gasteiger partial charge in [-0.25, -0.2) is 29.5 Å². The van der Waals surface area contributed by atoms with E-state index in [2.05, 4.69) is 98.3 Å². The molecule has 0 aliphatic carbocycles. The fourth-order valence-electron chi connectivity index (χ4n) is 7.42. The van der Waals surface area contributed by atoms with Gasteiger partial charge in [0.05, 0.1) is 24.5 Å². The van der Waals surface area contributed by atoms with Crippen LogP contribution in [0.1, 0.15) is 58.2 Å². The Balaban J connectivity index is 0.000000215. The fraction of sp³-hybridized carbons (Fsp3) is 0.404. The number of hydrogen-bond acceptors (Lipinski definition) is 12. The molecule has 3 N–H and O–H groups in total. The standard InChI is InChI=1S/C27H32BrN5O2.C20H26BrN5O2/c1-27(2,3)35-26(34)33-15-14-32(19-22(33)16-20-10-6-4-7-11-20)25-24(30-18-23(28)31-25)29-17-21-12-8-5-9-13-21;1-20(2,3)28-19(27)26-10-9-25(18-17(22)23-12-16(21)24-18)13-15(26)11-14-7-5-4-6-8-14/h4-13,18,22H,14-17,19H2,1-3H3,(H,29,30);4-8,12,15H,9-11,13H2,1-3H3,(H2,22,23)/t22-;15-/m00/s1. The molecule has 0 radical (unpaired) electrons. The lowest BCUT2D eigenvalue weighted by Gasteiger charge is -2.42. The van der Waals surface area contributed by atoms with Crippen LogP contribution in [0.15, 0.2) is 113 Å². The lowest BCUT2D eigenvalue weighted by Crippen LogP contribution is -2.57. The van der Waals surface area contributed by atoms with Crippen LogP contribution in [-0.2, 0) is 28.9 Å². The molecule has 14 nitrogen and oxygen atoms in total. The second-order valence-electron chi connectivity index (χ2n) is 17.5. The van der Waals surface area contributed by atoms with E-state index < -0.39 is 11.2 Å². The number of nitrogens with one attached hydrogen (secondary N) is 1. The Hall–Kier alpha value is -5.48. The molecule has 2 fully saturated rings. The molecule has 0 spiro atoms. The van der Waals surface area contributed by atoms with Crippen LogP contribution in [-0.4, -0.2) is 104 Å². The summed E-state index contributed by atoms with van der Waals surface area (Å²) in [6.07, 6.45) is 4.16. The number of piperazine rings is 2. The molecule has 2 aliphatic heterocycles. The van der Waals surface area contributed by atoms with Crippen molar-refractivity contribution in [3.8, 4) is 0 Å². The fourth-order valence-corrected chi connectivity index (χ4v) is 7.97. The lowest BCUT2D eigenvalue weighted by atomic mass is 10.0. The van der Waals surface area contributed by atoms with Crippen molar-refractivity contribution in [3.63, 3.8) is 0 Å². The normalized spacial score (nSPS) is 16.8. The highest BCUT2D eigenvalue weighted by Gasteiger charge is 2.36. The highest BCUT2D eigenvalue weighted by molar-refractivity contribution is 9.10. The molecule has 2 atom stereocenters. The number of hydrogen-bond donors (Lipinski definition) is 2. The van der Waals surface area contributed by atoms with E-state index in [1.807, 2.05) is 106 Å². The van der Waals surface area contributed by atoms with Gasteiger partial charge in [-0.05, 0) is 103 Å². The zero-order valence-electron chi connectivity index (χ0n) is 36.9. The summed E-state index contributed by atoms with van der Waals surface area (Å²) in [6, 6.07) is 30.5. The summed E-state index contributed by atoms with van der Waals surface area (Å²) < 4.78 is 12.7. The van der Waals surface area contributed by atoms with Gasteiger partial charge in [-0.15, -0.1) is 0 Å². The van der Waals surface area contributed by atoms with Gasteiger partial charge in [0.2, 0.25) is 0 Å². The van der Waals surface area contributed by atoms with Crippen LogP contribution in [0.5, 0.6) is 0 Å². The van der Waals surface area contributed by atoms with Crippen molar-refractivity contribution < 1.29 is 19.1 Å². The molecule has 7 rings (SSSR count). The third-order valence-corrected chi connectivity index (χ3v) is 11.0. The molecule has 5 aromatic rings. The Labute approximate surface area is 387 Å². The molecule has 2 amide bonds. The summed E-state index contributed by atoms with van der Waals surface area (Å²) in [5, 5.41) is 3.44. The second-order valence-corrected chi connectivity index (χ2v) is 19.2. The van der Waals surface area contributed by atoms with E-state index in [-0.39, 0.29) is 24.3 Å². The van der Waals surface area contributed by atoms with Crippen molar-refractivity contribution >= 4 is 67.3 Å². The highest BCUT2D eigenvalue weighted by atomic mass is 79.9. The molecule has 16 heteroatoms. The van der Waals surface area contributed by atoms with Crippen LogP contribution in [0.25, 0.3) is 0 Å². The van der Waals surface area contributed by atoms with Crippen molar-refractivity contribution in [2.75, 3.05) is 60.1 Å². The van der Waals surface area contributed by atoms with Gasteiger partial charge in [0.15, 0.2) is 23.3 Å². The minimum Gasteiger partial charge on any atom is -0.444 e. The summed E-state index contributed by atoms with van der Waals surface area (Å²) >= 11 is 6.84. The first-order valence-electron chi connectivity index (χ1n) is 21.2. The maximum Gasteiger partial charge on any atom is 0.410 e. The van der Waals surface area contributed by atoms with E-state index in [0.29, 0.717) is 66.7 Å². The molecule has 0 unspecified atom stereocenters. The summed E-state index contributed by atoms with van der Waals surface area (Å²) in [6.45, 7) is 15.5. The Morgan fingerprint density at radius 3 is 1.51 bits per heavy atom. The number of ether oxygens (including phenoxy) is 2. The first kappa shape index (κ1) is 47.0. The lowest BCUT2D eigenvalue weighted by molar-refractivity contribution is 0.0130. The number of nitrogens with two attached hydrogens (primary N) is 1. The summed E-state index contributed by atoms with van der Waals surface area (Å²) in [7, 11) is 0. The number of carbonyl (C=O) groups is 2. The maximum absolute atomic E-state index is 13.1. The summed E-state index contributed by atoms with van der Waals surface area (Å²) in [4.78, 5) is 51.9. The zero-order chi connectivity index (χ0) is 45.1. The number of anilines is 4. The Kier molecular flexibility index (Phi) is 15.9. The first-order chi connectivity index (χ1) is 30.0. The van der Waals surface area contributed by atoms with Gasteiger partial charge < -0.3 is 40.1 Å².